The van der Waals surface area contributed by atoms with Gasteiger partial charge in [-0.3, -0.25) is 4.98 Å². The molecule has 8 nitrogen and oxygen atoms in total. The van der Waals surface area contributed by atoms with Gasteiger partial charge in [0.15, 0.2) is 5.75 Å². The van der Waals surface area contributed by atoms with E-state index in [9.17, 15) is 9.59 Å². The zero-order valence-corrected chi connectivity index (χ0v) is 18.9. The molecule has 1 saturated heterocycles. The molecule has 4 rings (SSSR count). The monoisotopic (exact) mass is 462 g/mol. The van der Waals surface area contributed by atoms with Crippen LogP contribution in [0, 0.1) is 0 Å². The first kappa shape index (κ1) is 23.1. The van der Waals surface area contributed by atoms with Gasteiger partial charge in [-0.1, -0.05) is 30.3 Å². The molecule has 176 valence electrons. The van der Waals surface area contributed by atoms with E-state index in [0.717, 1.165) is 17.1 Å². The number of aromatic nitrogens is 1. The molecule has 0 bridgehead atoms. The van der Waals surface area contributed by atoms with Crippen LogP contribution in [0.4, 0.5) is 4.79 Å². The van der Waals surface area contributed by atoms with Gasteiger partial charge in [0.2, 0.25) is 0 Å². The largest absolute Gasteiger partial charge is 0.490 e. The van der Waals surface area contributed by atoms with Crippen molar-refractivity contribution in [3.05, 3.63) is 84.2 Å². The zero-order valence-electron chi connectivity index (χ0n) is 18.9. The molecular formula is C26H26N2O6. The molecule has 0 N–H and O–H groups in total. The van der Waals surface area contributed by atoms with E-state index < -0.39 is 12.1 Å². The molecule has 34 heavy (non-hydrogen) atoms. The summed E-state index contributed by atoms with van der Waals surface area (Å²) in [5.41, 5.74) is 1.33. The minimum Gasteiger partial charge on any atom is -0.490 e. The molecule has 1 aliphatic heterocycles. The quantitative estimate of drug-likeness (QED) is 0.478. The molecule has 1 aliphatic rings. The topological polar surface area (TPSA) is 87.2 Å². The normalized spacial score (nSPS) is 13.7. The molecule has 8 heteroatoms. The van der Waals surface area contributed by atoms with Gasteiger partial charge in [-0.05, 0) is 35.9 Å². The van der Waals surface area contributed by atoms with Crippen molar-refractivity contribution in [1.82, 2.24) is 9.88 Å². The van der Waals surface area contributed by atoms with Crippen molar-refractivity contribution in [2.75, 3.05) is 20.2 Å². The van der Waals surface area contributed by atoms with Crippen molar-refractivity contribution in [1.29, 1.82) is 0 Å². The molecule has 0 radical (unpaired) electrons. The van der Waals surface area contributed by atoms with Crippen molar-refractivity contribution < 1.29 is 28.5 Å². The van der Waals surface area contributed by atoms with E-state index in [2.05, 4.69) is 9.72 Å². The highest BCUT2D eigenvalue weighted by Gasteiger charge is 2.25. The standard InChI is InChI=1S/C26H26N2O6/c1-31-25(29)20-15-24(17-27-16-20)34-26(30)28-13-11-23(12-14-28)33-22-9-7-21(8-10-22)32-18-19-5-3-2-4-6-19/h2-10,15-17,23H,11-14,18H2,1H3. The highest BCUT2D eigenvalue weighted by molar-refractivity contribution is 5.89. The second kappa shape index (κ2) is 11.2. The lowest BCUT2D eigenvalue weighted by Crippen LogP contribution is -2.43. The van der Waals surface area contributed by atoms with Gasteiger partial charge in [-0.2, -0.15) is 0 Å². The lowest BCUT2D eigenvalue weighted by atomic mass is 10.1. The lowest BCUT2D eigenvalue weighted by molar-refractivity contribution is 0.0599. The molecule has 3 aromatic rings. The van der Waals surface area contributed by atoms with E-state index >= 15 is 0 Å². The maximum Gasteiger partial charge on any atom is 0.415 e. The number of pyridine rings is 1. The molecule has 0 unspecified atom stereocenters. The lowest BCUT2D eigenvalue weighted by Gasteiger charge is -2.31. The van der Waals surface area contributed by atoms with E-state index in [1.807, 2.05) is 54.6 Å². The SMILES string of the molecule is COC(=O)c1cncc(OC(=O)N2CCC(Oc3ccc(OCc4ccccc4)cc3)CC2)c1. The molecular weight excluding hydrogens is 436 g/mol. The highest BCUT2D eigenvalue weighted by Crippen LogP contribution is 2.23. The van der Waals surface area contributed by atoms with E-state index in [4.69, 9.17) is 14.2 Å². The van der Waals surface area contributed by atoms with E-state index in [1.54, 1.807) is 4.90 Å². The van der Waals surface area contributed by atoms with Gasteiger partial charge in [-0.25, -0.2) is 9.59 Å². The van der Waals surface area contributed by atoms with Gasteiger partial charge in [0, 0.05) is 32.1 Å². The number of rotatable bonds is 7. The summed E-state index contributed by atoms with van der Waals surface area (Å²) in [5.74, 6) is 1.19. The van der Waals surface area contributed by atoms with Gasteiger partial charge in [0.05, 0.1) is 18.9 Å². The van der Waals surface area contributed by atoms with Crippen molar-refractivity contribution in [3.63, 3.8) is 0 Å². The Morgan fingerprint density at radius 3 is 2.35 bits per heavy atom. The van der Waals surface area contributed by atoms with Crippen molar-refractivity contribution >= 4 is 12.1 Å². The Morgan fingerprint density at radius 2 is 1.65 bits per heavy atom. The van der Waals surface area contributed by atoms with Gasteiger partial charge in [-0.15, -0.1) is 0 Å². The summed E-state index contributed by atoms with van der Waals surface area (Å²) in [7, 11) is 1.28. The van der Waals surface area contributed by atoms with Crippen LogP contribution in [0.5, 0.6) is 17.2 Å². The van der Waals surface area contributed by atoms with Gasteiger partial charge in [0.1, 0.15) is 24.2 Å². The summed E-state index contributed by atoms with van der Waals surface area (Å²) in [6.07, 6.45) is 3.62. The third-order valence-corrected chi connectivity index (χ3v) is 5.41. The highest BCUT2D eigenvalue weighted by atomic mass is 16.6. The van der Waals surface area contributed by atoms with Crippen LogP contribution in [0.15, 0.2) is 73.1 Å². The summed E-state index contributed by atoms with van der Waals surface area (Å²) >= 11 is 0. The number of piperidine rings is 1. The number of likely N-dealkylation sites (tertiary alicyclic amines) is 1. The number of carbonyl (C=O) groups is 2. The first-order valence-electron chi connectivity index (χ1n) is 11.0. The minimum atomic E-state index is -0.542. The summed E-state index contributed by atoms with van der Waals surface area (Å²) in [6.45, 7) is 1.52. The molecule has 1 aromatic heterocycles. The summed E-state index contributed by atoms with van der Waals surface area (Å²) in [6, 6.07) is 19.0. The summed E-state index contributed by atoms with van der Waals surface area (Å²) in [4.78, 5) is 29.6. The number of nitrogens with zero attached hydrogens (tertiary/aromatic N) is 2. The van der Waals surface area contributed by atoms with Gasteiger partial charge < -0.3 is 23.8 Å². The molecule has 0 aliphatic carbocycles. The number of hydrogen-bond donors (Lipinski definition) is 0. The van der Waals surface area contributed by atoms with Gasteiger partial charge >= 0.3 is 12.1 Å². The predicted octanol–water partition coefficient (Wildman–Crippen LogP) is 4.49. The average Bonchev–Trinajstić information content (AvgIpc) is 2.89. The number of carbonyl (C=O) groups excluding carboxylic acids is 2. The van der Waals surface area contributed by atoms with E-state index in [-0.39, 0.29) is 17.4 Å². The number of amides is 1. The Kier molecular flexibility index (Phi) is 7.60. The first-order chi connectivity index (χ1) is 16.6. The third kappa shape index (κ3) is 6.25. The zero-order chi connectivity index (χ0) is 23.8. The second-order valence-corrected chi connectivity index (χ2v) is 7.82. The average molecular weight is 463 g/mol. The van der Waals surface area contributed by atoms with Crippen molar-refractivity contribution in [2.24, 2.45) is 0 Å². The predicted molar refractivity (Wildman–Crippen MR) is 124 cm³/mol. The fourth-order valence-corrected chi connectivity index (χ4v) is 3.57. The number of hydrogen-bond acceptors (Lipinski definition) is 7. The fourth-order valence-electron chi connectivity index (χ4n) is 3.57. The van der Waals surface area contributed by atoms with Crippen LogP contribution in [0.2, 0.25) is 0 Å². The number of benzene rings is 2. The Hall–Kier alpha value is -4.07. The maximum absolute atomic E-state index is 12.5. The first-order valence-corrected chi connectivity index (χ1v) is 11.0. The van der Waals surface area contributed by atoms with E-state index in [0.29, 0.717) is 32.5 Å². The molecule has 0 atom stereocenters. The molecule has 0 spiro atoms. The maximum atomic E-state index is 12.5. The Bertz CT molecular complexity index is 1100. The summed E-state index contributed by atoms with van der Waals surface area (Å²) < 4.78 is 21.9. The van der Waals surface area contributed by atoms with Crippen LogP contribution < -0.4 is 14.2 Å². The fraction of sp³-hybridized carbons (Fsp3) is 0.269. The van der Waals surface area contributed by atoms with Crippen LogP contribution in [0.25, 0.3) is 0 Å². The van der Waals surface area contributed by atoms with Crippen LogP contribution in [-0.4, -0.2) is 48.2 Å². The van der Waals surface area contributed by atoms with Crippen LogP contribution in [-0.2, 0) is 11.3 Å². The molecule has 2 heterocycles. The molecule has 0 saturated carbocycles. The van der Waals surface area contributed by atoms with Crippen LogP contribution in [0.3, 0.4) is 0 Å². The Labute approximate surface area is 198 Å². The van der Waals surface area contributed by atoms with Crippen molar-refractivity contribution in [3.8, 4) is 17.2 Å². The Balaban J connectivity index is 1.22. The Morgan fingerprint density at radius 1 is 0.941 bits per heavy atom. The van der Waals surface area contributed by atoms with Crippen LogP contribution >= 0.6 is 0 Å². The van der Waals surface area contributed by atoms with Crippen molar-refractivity contribution in [2.45, 2.75) is 25.6 Å². The van der Waals surface area contributed by atoms with E-state index in [1.165, 1.54) is 25.6 Å². The second-order valence-electron chi connectivity index (χ2n) is 7.82. The van der Waals surface area contributed by atoms with Crippen LogP contribution in [0.1, 0.15) is 28.8 Å². The number of methoxy groups -OCH3 is 1. The molecule has 2 aromatic carbocycles. The summed E-state index contributed by atoms with van der Waals surface area (Å²) in [5, 5.41) is 0. The third-order valence-electron chi connectivity index (χ3n) is 5.41. The smallest absolute Gasteiger partial charge is 0.415 e. The molecule has 1 amide bonds. The number of esters is 1. The molecule has 1 fully saturated rings. The number of ether oxygens (including phenoxy) is 4. The van der Waals surface area contributed by atoms with Gasteiger partial charge in [0.25, 0.3) is 0 Å². The minimum absolute atomic E-state index is 0.00413.